The van der Waals surface area contributed by atoms with Crippen molar-refractivity contribution >= 4 is 17.9 Å². The van der Waals surface area contributed by atoms with Crippen LogP contribution < -0.4 is 10.6 Å². The van der Waals surface area contributed by atoms with Gasteiger partial charge in [-0.3, -0.25) is 9.59 Å². The van der Waals surface area contributed by atoms with Gasteiger partial charge in [0.05, 0.1) is 6.54 Å². The summed E-state index contributed by atoms with van der Waals surface area (Å²) in [5.74, 6) is -1.06. The van der Waals surface area contributed by atoms with E-state index in [0.717, 1.165) is 4.90 Å². The second-order valence-corrected chi connectivity index (χ2v) is 4.11. The molecule has 0 unspecified atom stereocenters. The first kappa shape index (κ1) is 15.2. The van der Waals surface area contributed by atoms with Gasteiger partial charge in [-0.05, 0) is 5.92 Å². The number of carboxylic acids is 1. The molecule has 0 saturated carbocycles. The molecule has 0 aliphatic heterocycles. The SMILES string of the molecule is CC(C)CNC(=O)CNC(=O)N(C)CC(=O)O. The van der Waals surface area contributed by atoms with E-state index in [1.54, 1.807) is 0 Å². The Morgan fingerprint density at radius 1 is 1.24 bits per heavy atom. The average molecular weight is 245 g/mol. The molecular weight excluding hydrogens is 226 g/mol. The Kier molecular flexibility index (Phi) is 6.69. The number of urea groups is 1. The molecule has 3 N–H and O–H groups in total. The second kappa shape index (κ2) is 7.48. The lowest BCUT2D eigenvalue weighted by atomic mass is 10.2. The molecule has 0 aromatic heterocycles. The van der Waals surface area contributed by atoms with Crippen LogP contribution in [-0.2, 0) is 9.59 Å². The van der Waals surface area contributed by atoms with Crippen molar-refractivity contribution in [3.63, 3.8) is 0 Å². The van der Waals surface area contributed by atoms with Crippen molar-refractivity contribution in [2.24, 2.45) is 5.92 Å². The van der Waals surface area contributed by atoms with Gasteiger partial charge in [0.2, 0.25) is 5.91 Å². The highest BCUT2D eigenvalue weighted by atomic mass is 16.4. The Hall–Kier alpha value is -1.79. The summed E-state index contributed by atoms with van der Waals surface area (Å²) in [6, 6.07) is -0.591. The average Bonchev–Trinajstić information content (AvgIpc) is 2.21. The molecule has 3 amide bonds. The van der Waals surface area contributed by atoms with Gasteiger partial charge in [0.1, 0.15) is 6.54 Å². The fraction of sp³-hybridized carbons (Fsp3) is 0.700. The zero-order valence-electron chi connectivity index (χ0n) is 10.3. The first-order chi connectivity index (χ1) is 7.82. The van der Waals surface area contributed by atoms with Crippen LogP contribution in [0.1, 0.15) is 13.8 Å². The molecule has 98 valence electrons. The first-order valence-electron chi connectivity index (χ1n) is 5.30. The number of carboxylic acid groups (broad SMARTS) is 1. The summed E-state index contributed by atoms with van der Waals surface area (Å²) in [5.41, 5.74) is 0. The highest BCUT2D eigenvalue weighted by Gasteiger charge is 2.12. The summed E-state index contributed by atoms with van der Waals surface area (Å²) < 4.78 is 0. The van der Waals surface area contributed by atoms with Gasteiger partial charge in [-0.25, -0.2) is 4.79 Å². The molecule has 0 spiro atoms. The van der Waals surface area contributed by atoms with E-state index in [1.165, 1.54) is 7.05 Å². The van der Waals surface area contributed by atoms with Crippen LogP contribution in [0.5, 0.6) is 0 Å². The summed E-state index contributed by atoms with van der Waals surface area (Å²) in [7, 11) is 1.34. The van der Waals surface area contributed by atoms with Gasteiger partial charge >= 0.3 is 12.0 Å². The summed E-state index contributed by atoms with van der Waals surface area (Å²) in [6.07, 6.45) is 0. The minimum absolute atomic E-state index is 0.157. The lowest BCUT2D eigenvalue weighted by Crippen LogP contribution is -2.44. The van der Waals surface area contributed by atoms with Gasteiger partial charge in [-0.1, -0.05) is 13.8 Å². The molecule has 0 rings (SSSR count). The van der Waals surface area contributed by atoms with E-state index in [0.29, 0.717) is 12.5 Å². The molecule has 0 fully saturated rings. The Labute approximate surface area is 100 Å². The summed E-state index contributed by atoms with van der Waals surface area (Å²) in [4.78, 5) is 33.8. The molecule has 0 atom stereocenters. The van der Waals surface area contributed by atoms with E-state index in [-0.39, 0.29) is 12.5 Å². The maximum atomic E-state index is 11.3. The summed E-state index contributed by atoms with van der Waals surface area (Å²) >= 11 is 0. The quantitative estimate of drug-likeness (QED) is 0.586. The number of aliphatic carboxylic acids is 1. The Balaban J connectivity index is 3.83. The number of hydrogen-bond acceptors (Lipinski definition) is 3. The number of nitrogens with one attached hydrogen (secondary N) is 2. The normalized spacial score (nSPS) is 9.88. The van der Waals surface area contributed by atoms with Gasteiger partial charge in [0.25, 0.3) is 0 Å². The molecular formula is C10H19N3O4. The van der Waals surface area contributed by atoms with Crippen molar-refractivity contribution in [3.05, 3.63) is 0 Å². The molecule has 7 nitrogen and oxygen atoms in total. The standard InChI is InChI=1S/C10H19N3O4/c1-7(2)4-11-8(14)5-12-10(17)13(3)6-9(15)16/h7H,4-6H2,1-3H3,(H,11,14)(H,12,17)(H,15,16). The minimum atomic E-state index is -1.10. The highest BCUT2D eigenvalue weighted by Crippen LogP contribution is 1.87. The molecule has 0 aromatic carbocycles. The number of hydrogen-bond donors (Lipinski definition) is 3. The van der Waals surface area contributed by atoms with Crippen molar-refractivity contribution in [2.45, 2.75) is 13.8 Å². The zero-order chi connectivity index (χ0) is 13.4. The molecule has 7 heteroatoms. The Bertz CT molecular complexity index is 291. The first-order valence-corrected chi connectivity index (χ1v) is 5.30. The van der Waals surface area contributed by atoms with Crippen LogP contribution in [0.4, 0.5) is 4.79 Å². The second-order valence-electron chi connectivity index (χ2n) is 4.11. The molecule has 0 aliphatic rings. The van der Waals surface area contributed by atoms with E-state index in [4.69, 9.17) is 5.11 Å². The van der Waals surface area contributed by atoms with Crippen molar-refractivity contribution in [3.8, 4) is 0 Å². The van der Waals surface area contributed by atoms with Gasteiger partial charge in [0.15, 0.2) is 0 Å². The van der Waals surface area contributed by atoms with E-state index in [2.05, 4.69) is 10.6 Å². The van der Waals surface area contributed by atoms with Crippen molar-refractivity contribution in [1.29, 1.82) is 0 Å². The predicted octanol–water partition coefficient (Wildman–Crippen LogP) is -0.515. The molecule has 0 aromatic rings. The number of carbonyl (C=O) groups excluding carboxylic acids is 2. The molecule has 0 radical (unpaired) electrons. The predicted molar refractivity (Wildman–Crippen MR) is 61.5 cm³/mol. The lowest BCUT2D eigenvalue weighted by molar-refractivity contribution is -0.137. The van der Waals surface area contributed by atoms with Gasteiger partial charge < -0.3 is 20.6 Å². The van der Waals surface area contributed by atoms with Gasteiger partial charge in [-0.2, -0.15) is 0 Å². The summed E-state index contributed by atoms with van der Waals surface area (Å²) in [6.45, 7) is 3.90. The van der Waals surface area contributed by atoms with E-state index >= 15 is 0 Å². The van der Waals surface area contributed by atoms with Crippen LogP contribution in [0.2, 0.25) is 0 Å². The van der Waals surface area contributed by atoms with Crippen LogP contribution in [0.25, 0.3) is 0 Å². The maximum Gasteiger partial charge on any atom is 0.323 e. The largest absolute Gasteiger partial charge is 0.480 e. The Morgan fingerprint density at radius 3 is 2.29 bits per heavy atom. The third-order valence-corrected chi connectivity index (χ3v) is 1.83. The topological polar surface area (TPSA) is 98.7 Å². The van der Waals surface area contributed by atoms with Crippen molar-refractivity contribution in [2.75, 3.05) is 26.7 Å². The number of nitrogens with zero attached hydrogens (tertiary/aromatic N) is 1. The van der Waals surface area contributed by atoms with Crippen molar-refractivity contribution in [1.82, 2.24) is 15.5 Å². The number of carbonyl (C=O) groups is 3. The van der Waals surface area contributed by atoms with Gasteiger partial charge in [-0.15, -0.1) is 0 Å². The minimum Gasteiger partial charge on any atom is -0.480 e. The van der Waals surface area contributed by atoms with Gasteiger partial charge in [0, 0.05) is 13.6 Å². The lowest BCUT2D eigenvalue weighted by Gasteiger charge is -2.15. The zero-order valence-corrected chi connectivity index (χ0v) is 10.3. The fourth-order valence-corrected chi connectivity index (χ4v) is 0.946. The molecule has 17 heavy (non-hydrogen) atoms. The maximum absolute atomic E-state index is 11.3. The number of likely N-dealkylation sites (N-methyl/N-ethyl adjacent to an activating group) is 1. The third-order valence-electron chi connectivity index (χ3n) is 1.83. The van der Waals surface area contributed by atoms with E-state index < -0.39 is 18.5 Å². The number of amides is 3. The summed E-state index contributed by atoms with van der Waals surface area (Å²) in [5, 5.41) is 13.4. The van der Waals surface area contributed by atoms with Crippen LogP contribution in [0.3, 0.4) is 0 Å². The van der Waals surface area contributed by atoms with E-state index in [9.17, 15) is 14.4 Å². The smallest absolute Gasteiger partial charge is 0.323 e. The molecule has 0 bridgehead atoms. The highest BCUT2D eigenvalue weighted by molar-refractivity contribution is 5.85. The Morgan fingerprint density at radius 2 is 1.82 bits per heavy atom. The van der Waals surface area contributed by atoms with E-state index in [1.807, 2.05) is 13.8 Å². The van der Waals surface area contributed by atoms with Crippen LogP contribution in [-0.4, -0.2) is 54.6 Å². The van der Waals surface area contributed by atoms with Crippen LogP contribution in [0.15, 0.2) is 0 Å². The molecule has 0 aliphatic carbocycles. The molecule has 0 saturated heterocycles. The monoisotopic (exact) mass is 245 g/mol. The third kappa shape index (κ3) is 8.06. The number of rotatable bonds is 6. The molecule has 0 heterocycles. The van der Waals surface area contributed by atoms with Crippen LogP contribution >= 0.6 is 0 Å². The fourth-order valence-electron chi connectivity index (χ4n) is 0.946. The van der Waals surface area contributed by atoms with Crippen molar-refractivity contribution < 1.29 is 19.5 Å². The van der Waals surface area contributed by atoms with Crippen LogP contribution in [0, 0.1) is 5.92 Å².